The number of aryl methyl sites for hydroxylation is 1. The van der Waals surface area contributed by atoms with Gasteiger partial charge in [-0.2, -0.15) is 0 Å². The van der Waals surface area contributed by atoms with Crippen molar-refractivity contribution in [3.05, 3.63) is 28.8 Å². The van der Waals surface area contributed by atoms with Gasteiger partial charge in [0.1, 0.15) is 5.38 Å². The van der Waals surface area contributed by atoms with Crippen LogP contribution < -0.4 is 10.6 Å². The van der Waals surface area contributed by atoms with Gasteiger partial charge in [0.25, 0.3) is 0 Å². The normalized spacial score (nSPS) is 11.8. The predicted octanol–water partition coefficient (Wildman–Crippen LogP) is 2.92. The van der Waals surface area contributed by atoms with Crippen molar-refractivity contribution in [1.29, 1.82) is 0 Å². The fourth-order valence-corrected chi connectivity index (χ4v) is 1.32. The molecule has 0 fully saturated rings. The second kappa shape index (κ2) is 5.89. The first-order chi connectivity index (χ1) is 7.90. The van der Waals surface area contributed by atoms with Crippen molar-refractivity contribution < 1.29 is 9.59 Å². The molecule has 0 saturated carbocycles. The molecule has 0 aliphatic rings. The largest absolute Gasteiger partial charge is 0.325 e. The van der Waals surface area contributed by atoms with E-state index in [1.807, 2.05) is 13.0 Å². The molecular formula is C11H12Cl2N2O2. The highest BCUT2D eigenvalue weighted by Gasteiger charge is 2.13. The van der Waals surface area contributed by atoms with Crippen LogP contribution in [0.2, 0.25) is 5.02 Å². The minimum absolute atomic E-state index is 0.400. The first-order valence-corrected chi connectivity index (χ1v) is 5.73. The summed E-state index contributed by atoms with van der Waals surface area (Å²) in [6.07, 6.45) is 0. The lowest BCUT2D eigenvalue weighted by Crippen LogP contribution is -2.38. The van der Waals surface area contributed by atoms with Gasteiger partial charge in [-0.15, -0.1) is 11.6 Å². The molecule has 17 heavy (non-hydrogen) atoms. The summed E-state index contributed by atoms with van der Waals surface area (Å²) >= 11 is 11.4. The third-order valence-electron chi connectivity index (χ3n) is 1.97. The molecule has 0 heterocycles. The maximum absolute atomic E-state index is 11.4. The SMILES string of the molecule is Cc1ccc(Cl)c(NC(=O)NC(=O)C(C)Cl)c1. The van der Waals surface area contributed by atoms with Gasteiger partial charge in [0.05, 0.1) is 10.7 Å². The van der Waals surface area contributed by atoms with Gasteiger partial charge in [-0.25, -0.2) is 4.79 Å². The smallest absolute Gasteiger partial charge is 0.306 e. The molecule has 92 valence electrons. The molecule has 0 radical (unpaired) electrons. The summed E-state index contributed by atoms with van der Waals surface area (Å²) in [5.41, 5.74) is 1.39. The molecule has 0 aromatic heterocycles. The maximum Gasteiger partial charge on any atom is 0.325 e. The van der Waals surface area contributed by atoms with E-state index in [9.17, 15) is 9.59 Å². The Balaban J connectivity index is 2.68. The van der Waals surface area contributed by atoms with Crippen LogP contribution >= 0.6 is 23.2 Å². The molecule has 2 N–H and O–H groups in total. The molecule has 0 saturated heterocycles. The lowest BCUT2D eigenvalue weighted by atomic mass is 10.2. The van der Waals surface area contributed by atoms with E-state index in [1.165, 1.54) is 6.92 Å². The minimum atomic E-state index is -0.770. The fraction of sp³-hybridized carbons (Fsp3) is 0.273. The molecule has 6 heteroatoms. The topological polar surface area (TPSA) is 58.2 Å². The van der Waals surface area contributed by atoms with E-state index >= 15 is 0 Å². The predicted molar refractivity (Wildman–Crippen MR) is 68.7 cm³/mol. The average Bonchev–Trinajstić information content (AvgIpc) is 2.23. The second-order valence-electron chi connectivity index (χ2n) is 3.54. The van der Waals surface area contributed by atoms with E-state index in [0.717, 1.165) is 5.56 Å². The number of imide groups is 1. The van der Waals surface area contributed by atoms with E-state index in [4.69, 9.17) is 23.2 Å². The molecule has 3 amide bonds. The summed E-state index contributed by atoms with van der Waals surface area (Å²) in [7, 11) is 0. The van der Waals surface area contributed by atoms with E-state index in [2.05, 4.69) is 10.6 Å². The van der Waals surface area contributed by atoms with Crippen LogP contribution in [0.3, 0.4) is 0 Å². The lowest BCUT2D eigenvalue weighted by Gasteiger charge is -2.09. The first-order valence-electron chi connectivity index (χ1n) is 4.92. The molecule has 1 atom stereocenters. The number of anilines is 1. The highest BCUT2D eigenvalue weighted by atomic mass is 35.5. The van der Waals surface area contributed by atoms with Gasteiger partial charge in [-0.3, -0.25) is 10.1 Å². The van der Waals surface area contributed by atoms with Crippen molar-refractivity contribution >= 4 is 40.8 Å². The Morgan fingerprint density at radius 3 is 2.59 bits per heavy atom. The summed E-state index contributed by atoms with van der Waals surface area (Å²) < 4.78 is 0. The van der Waals surface area contributed by atoms with E-state index in [0.29, 0.717) is 10.7 Å². The van der Waals surface area contributed by atoms with E-state index in [-0.39, 0.29) is 0 Å². The van der Waals surface area contributed by atoms with Crippen LogP contribution in [-0.4, -0.2) is 17.3 Å². The summed E-state index contributed by atoms with van der Waals surface area (Å²) in [4.78, 5) is 22.6. The van der Waals surface area contributed by atoms with Crippen LogP contribution in [0.4, 0.5) is 10.5 Å². The van der Waals surface area contributed by atoms with Gasteiger partial charge >= 0.3 is 6.03 Å². The van der Waals surface area contributed by atoms with Crippen LogP contribution in [0.1, 0.15) is 12.5 Å². The summed E-state index contributed by atoms with van der Waals surface area (Å²) in [5, 5.41) is 4.20. The van der Waals surface area contributed by atoms with Crippen molar-refractivity contribution in [2.75, 3.05) is 5.32 Å². The zero-order chi connectivity index (χ0) is 13.0. The Labute approximate surface area is 109 Å². The lowest BCUT2D eigenvalue weighted by molar-refractivity contribution is -0.119. The number of rotatable bonds is 2. The first kappa shape index (κ1) is 13.8. The average molecular weight is 275 g/mol. The van der Waals surface area contributed by atoms with E-state index < -0.39 is 17.3 Å². The number of hydrogen-bond donors (Lipinski definition) is 2. The fourth-order valence-electron chi connectivity index (χ4n) is 1.10. The van der Waals surface area contributed by atoms with Gasteiger partial charge in [0.15, 0.2) is 0 Å². The quantitative estimate of drug-likeness (QED) is 0.815. The summed E-state index contributed by atoms with van der Waals surface area (Å²) in [6.45, 7) is 3.34. The number of amides is 3. The van der Waals surface area contributed by atoms with Gasteiger partial charge < -0.3 is 5.32 Å². The monoisotopic (exact) mass is 274 g/mol. The molecule has 1 aromatic carbocycles. The van der Waals surface area contributed by atoms with Crippen molar-refractivity contribution in [2.24, 2.45) is 0 Å². The zero-order valence-corrected chi connectivity index (χ0v) is 10.9. The number of nitrogens with one attached hydrogen (secondary N) is 2. The molecule has 0 aliphatic heterocycles. The number of urea groups is 1. The van der Waals surface area contributed by atoms with Gasteiger partial charge in [-0.1, -0.05) is 17.7 Å². The van der Waals surface area contributed by atoms with Crippen LogP contribution in [0.5, 0.6) is 0 Å². The van der Waals surface area contributed by atoms with Gasteiger partial charge in [0.2, 0.25) is 5.91 Å². The van der Waals surface area contributed by atoms with Crippen LogP contribution in [0, 0.1) is 6.92 Å². The molecular weight excluding hydrogens is 263 g/mol. The zero-order valence-electron chi connectivity index (χ0n) is 9.38. The number of benzene rings is 1. The Morgan fingerprint density at radius 2 is 2.00 bits per heavy atom. The summed E-state index contributed by atoms with van der Waals surface area (Å²) in [5.74, 6) is -0.562. The highest BCUT2D eigenvalue weighted by Crippen LogP contribution is 2.22. The van der Waals surface area contributed by atoms with Crippen LogP contribution in [0.15, 0.2) is 18.2 Å². The summed E-state index contributed by atoms with van der Waals surface area (Å²) in [6, 6.07) is 4.53. The second-order valence-corrected chi connectivity index (χ2v) is 4.60. The molecule has 1 rings (SSSR count). The number of alkyl halides is 1. The Bertz CT molecular complexity index is 447. The molecule has 1 unspecified atom stereocenters. The molecule has 0 bridgehead atoms. The highest BCUT2D eigenvalue weighted by molar-refractivity contribution is 6.34. The Hall–Kier alpha value is -1.26. The van der Waals surface area contributed by atoms with Crippen LogP contribution in [-0.2, 0) is 4.79 Å². The van der Waals surface area contributed by atoms with E-state index in [1.54, 1.807) is 12.1 Å². The van der Waals surface area contributed by atoms with Crippen LogP contribution in [0.25, 0.3) is 0 Å². The Morgan fingerprint density at radius 1 is 1.35 bits per heavy atom. The third kappa shape index (κ3) is 4.24. The number of hydrogen-bond acceptors (Lipinski definition) is 2. The number of carbonyl (C=O) groups excluding carboxylic acids is 2. The standard InChI is InChI=1S/C11H12Cl2N2O2/c1-6-3-4-8(13)9(5-6)14-11(17)15-10(16)7(2)12/h3-5,7H,1-2H3,(H2,14,15,16,17). The van der Waals surface area contributed by atoms with Crippen molar-refractivity contribution in [3.8, 4) is 0 Å². The molecule has 0 aliphatic carbocycles. The molecule has 4 nitrogen and oxygen atoms in total. The Kier molecular flexibility index (Phi) is 4.78. The number of halogens is 2. The molecule has 0 spiro atoms. The number of carbonyl (C=O) groups is 2. The van der Waals surface area contributed by atoms with Crippen molar-refractivity contribution in [1.82, 2.24) is 5.32 Å². The van der Waals surface area contributed by atoms with Crippen molar-refractivity contribution in [2.45, 2.75) is 19.2 Å². The van der Waals surface area contributed by atoms with Gasteiger partial charge in [-0.05, 0) is 31.5 Å². The minimum Gasteiger partial charge on any atom is -0.306 e. The maximum atomic E-state index is 11.4. The van der Waals surface area contributed by atoms with Crippen molar-refractivity contribution in [3.63, 3.8) is 0 Å². The third-order valence-corrected chi connectivity index (χ3v) is 2.50. The molecule has 1 aromatic rings. The van der Waals surface area contributed by atoms with Gasteiger partial charge in [0, 0.05) is 0 Å².